The van der Waals surface area contributed by atoms with Crippen LogP contribution < -0.4 is 5.32 Å². The van der Waals surface area contributed by atoms with E-state index in [-0.39, 0.29) is 16.9 Å². The summed E-state index contributed by atoms with van der Waals surface area (Å²) in [5, 5.41) is 11.9. The lowest BCUT2D eigenvalue weighted by Gasteiger charge is -2.13. The van der Waals surface area contributed by atoms with Gasteiger partial charge in [-0.15, -0.1) is 10.2 Å². The third-order valence-electron chi connectivity index (χ3n) is 3.66. The summed E-state index contributed by atoms with van der Waals surface area (Å²) in [5.74, 6) is -0.0686. The van der Waals surface area contributed by atoms with Gasteiger partial charge in [0.2, 0.25) is 5.91 Å². The molecule has 0 spiro atoms. The van der Waals surface area contributed by atoms with Gasteiger partial charge >= 0.3 is 0 Å². The third-order valence-corrected chi connectivity index (χ3v) is 5.95. The van der Waals surface area contributed by atoms with Crippen LogP contribution in [-0.4, -0.2) is 50.7 Å². The van der Waals surface area contributed by atoms with Gasteiger partial charge < -0.3 is 10.2 Å². The van der Waals surface area contributed by atoms with Crippen LogP contribution in [0.25, 0.3) is 5.69 Å². The fourth-order valence-electron chi connectivity index (χ4n) is 2.29. The van der Waals surface area contributed by atoms with E-state index in [1.165, 1.54) is 16.7 Å². The predicted octanol–water partition coefficient (Wildman–Crippen LogP) is 4.43. The molecule has 0 radical (unpaired) electrons. The van der Waals surface area contributed by atoms with Crippen LogP contribution in [0.1, 0.15) is 0 Å². The molecule has 1 heterocycles. The second-order valence-corrected chi connectivity index (χ2v) is 8.43. The zero-order valence-electron chi connectivity index (χ0n) is 15.7. The largest absolute Gasteiger partial charge is 0.339 e. The molecule has 0 bridgehead atoms. The van der Waals surface area contributed by atoms with Crippen molar-refractivity contribution in [3.8, 4) is 5.69 Å². The van der Waals surface area contributed by atoms with Crippen molar-refractivity contribution in [1.29, 1.82) is 0 Å². The van der Waals surface area contributed by atoms with Crippen molar-refractivity contribution >= 4 is 52.0 Å². The quantitative estimate of drug-likeness (QED) is 0.563. The van der Waals surface area contributed by atoms with Crippen molar-refractivity contribution in [3.63, 3.8) is 0 Å². The summed E-state index contributed by atoms with van der Waals surface area (Å²) in [5.41, 5.74) is 1.41. The lowest BCUT2D eigenvalue weighted by molar-refractivity contribution is -0.113. The van der Waals surface area contributed by atoms with E-state index in [1.54, 1.807) is 49.3 Å². The first-order valence-corrected chi connectivity index (χ1v) is 10.7. The summed E-state index contributed by atoms with van der Waals surface area (Å²) in [6, 6.07) is 14.5. The Morgan fingerprint density at radius 1 is 1.17 bits per heavy atom. The van der Waals surface area contributed by atoms with Gasteiger partial charge in [-0.2, -0.15) is 0 Å². The summed E-state index contributed by atoms with van der Waals surface area (Å²) < 4.78 is 1.77. The first-order valence-electron chi connectivity index (χ1n) is 8.51. The molecule has 3 rings (SSSR count). The number of rotatable bonds is 6. The monoisotopic (exact) mass is 447 g/mol. The molecule has 0 aliphatic carbocycles. The van der Waals surface area contributed by atoms with Gasteiger partial charge in [0.05, 0.1) is 17.1 Å². The molecule has 7 nitrogen and oxygen atoms in total. The number of carbonyl (C=O) groups is 2. The van der Waals surface area contributed by atoms with Gasteiger partial charge in [0, 0.05) is 24.0 Å². The van der Waals surface area contributed by atoms with Gasteiger partial charge in [0.25, 0.3) is 5.24 Å². The average Bonchev–Trinajstić information content (AvgIpc) is 3.16. The molecular weight excluding hydrogens is 430 g/mol. The minimum absolute atomic E-state index is 0.115. The summed E-state index contributed by atoms with van der Waals surface area (Å²) in [6.07, 6.45) is 1.57. The molecule has 29 heavy (non-hydrogen) atoms. The normalized spacial score (nSPS) is 10.6. The number of anilines is 1. The van der Waals surface area contributed by atoms with Gasteiger partial charge in [-0.05, 0) is 42.1 Å². The van der Waals surface area contributed by atoms with Crippen LogP contribution in [0.2, 0.25) is 5.02 Å². The van der Waals surface area contributed by atoms with Crippen LogP contribution in [-0.2, 0) is 4.79 Å². The van der Waals surface area contributed by atoms with Crippen LogP contribution in [0.5, 0.6) is 0 Å². The number of nitrogens with zero attached hydrogens (tertiary/aromatic N) is 4. The Bertz CT molecular complexity index is 1030. The average molecular weight is 448 g/mol. The second kappa shape index (κ2) is 9.82. The van der Waals surface area contributed by atoms with Crippen LogP contribution in [0.15, 0.2) is 64.9 Å². The van der Waals surface area contributed by atoms with Crippen molar-refractivity contribution in [2.75, 3.05) is 25.2 Å². The number of hydrogen-bond acceptors (Lipinski definition) is 6. The first-order chi connectivity index (χ1) is 13.9. The van der Waals surface area contributed by atoms with E-state index in [0.29, 0.717) is 20.8 Å². The third kappa shape index (κ3) is 5.75. The van der Waals surface area contributed by atoms with E-state index in [0.717, 1.165) is 17.4 Å². The Morgan fingerprint density at radius 3 is 2.72 bits per heavy atom. The summed E-state index contributed by atoms with van der Waals surface area (Å²) in [7, 11) is 3.37. The van der Waals surface area contributed by atoms with E-state index < -0.39 is 0 Å². The number of benzene rings is 2. The molecule has 0 aliphatic rings. The zero-order chi connectivity index (χ0) is 20.8. The topological polar surface area (TPSA) is 80.1 Å². The number of thioether (sulfide) groups is 2. The van der Waals surface area contributed by atoms with Crippen LogP contribution in [0.4, 0.5) is 10.5 Å². The number of para-hydroxylation sites is 1. The molecule has 150 valence electrons. The van der Waals surface area contributed by atoms with Crippen molar-refractivity contribution in [1.82, 2.24) is 19.7 Å². The number of carbonyl (C=O) groups excluding carboxylic acids is 2. The SMILES string of the molecule is CN(C)C(=O)Sc1ccccc1NC(=O)CSc1nncn1-c1cccc(Cl)c1. The molecule has 0 aliphatic heterocycles. The molecule has 0 unspecified atom stereocenters. The molecule has 0 atom stereocenters. The highest BCUT2D eigenvalue weighted by Crippen LogP contribution is 2.29. The molecule has 1 N–H and O–H groups in total. The molecule has 0 saturated carbocycles. The number of hydrogen-bond donors (Lipinski definition) is 1. The van der Waals surface area contributed by atoms with Crippen LogP contribution in [0, 0.1) is 0 Å². The Hall–Kier alpha value is -2.49. The molecule has 0 saturated heterocycles. The Labute approximate surface area is 181 Å². The van der Waals surface area contributed by atoms with E-state index in [1.807, 2.05) is 24.3 Å². The minimum Gasteiger partial charge on any atom is -0.339 e. The lowest BCUT2D eigenvalue weighted by Crippen LogP contribution is -2.18. The second-order valence-electron chi connectivity index (χ2n) is 6.06. The highest BCUT2D eigenvalue weighted by Gasteiger charge is 2.14. The molecule has 10 heteroatoms. The standard InChI is InChI=1S/C19H18ClN5O2S2/c1-24(2)19(27)29-16-9-4-3-8-15(16)22-17(26)11-28-18-23-21-12-25(18)14-7-5-6-13(20)10-14/h3-10,12H,11H2,1-2H3,(H,22,26). The van der Waals surface area contributed by atoms with Gasteiger partial charge in [-0.1, -0.05) is 41.6 Å². The van der Waals surface area contributed by atoms with Crippen molar-refractivity contribution in [2.24, 2.45) is 0 Å². The number of amides is 2. The summed E-state index contributed by atoms with van der Waals surface area (Å²) in [4.78, 5) is 26.6. The lowest BCUT2D eigenvalue weighted by atomic mass is 10.3. The number of nitrogens with one attached hydrogen (secondary N) is 1. The fraction of sp³-hybridized carbons (Fsp3) is 0.158. The number of halogens is 1. The molecular formula is C19H18ClN5O2S2. The molecule has 1 aromatic heterocycles. The Balaban J connectivity index is 1.65. The maximum Gasteiger partial charge on any atom is 0.286 e. The van der Waals surface area contributed by atoms with Crippen LogP contribution in [0.3, 0.4) is 0 Å². The summed E-state index contributed by atoms with van der Waals surface area (Å²) in [6.45, 7) is 0. The van der Waals surface area contributed by atoms with E-state index in [2.05, 4.69) is 15.5 Å². The van der Waals surface area contributed by atoms with E-state index in [4.69, 9.17) is 11.6 Å². The van der Waals surface area contributed by atoms with Gasteiger partial charge in [0.1, 0.15) is 6.33 Å². The summed E-state index contributed by atoms with van der Waals surface area (Å²) >= 11 is 8.37. The maximum atomic E-state index is 12.5. The smallest absolute Gasteiger partial charge is 0.286 e. The highest BCUT2D eigenvalue weighted by molar-refractivity contribution is 8.13. The van der Waals surface area contributed by atoms with Crippen LogP contribution >= 0.6 is 35.1 Å². The number of aromatic nitrogens is 3. The van der Waals surface area contributed by atoms with Crippen molar-refractivity contribution in [3.05, 3.63) is 59.9 Å². The fourth-order valence-corrected chi connectivity index (χ4v) is 3.95. The molecule has 3 aromatic rings. The van der Waals surface area contributed by atoms with Crippen molar-refractivity contribution < 1.29 is 9.59 Å². The van der Waals surface area contributed by atoms with Crippen molar-refractivity contribution in [2.45, 2.75) is 10.1 Å². The zero-order valence-corrected chi connectivity index (χ0v) is 18.1. The van der Waals surface area contributed by atoms with E-state index >= 15 is 0 Å². The molecule has 0 fully saturated rings. The maximum absolute atomic E-state index is 12.5. The van der Waals surface area contributed by atoms with Gasteiger partial charge in [-0.25, -0.2) is 0 Å². The Morgan fingerprint density at radius 2 is 1.97 bits per heavy atom. The van der Waals surface area contributed by atoms with Gasteiger partial charge in [-0.3, -0.25) is 14.2 Å². The first kappa shape index (κ1) is 21.2. The Kier molecular flexibility index (Phi) is 7.18. The van der Waals surface area contributed by atoms with E-state index in [9.17, 15) is 9.59 Å². The van der Waals surface area contributed by atoms with Gasteiger partial charge in [0.15, 0.2) is 5.16 Å². The molecule has 2 amide bonds. The molecule has 2 aromatic carbocycles. The predicted molar refractivity (Wildman–Crippen MR) is 117 cm³/mol. The minimum atomic E-state index is -0.207. The highest BCUT2D eigenvalue weighted by atomic mass is 35.5.